The van der Waals surface area contributed by atoms with Gasteiger partial charge in [0.25, 0.3) is 0 Å². The molecule has 0 aliphatic heterocycles. The summed E-state index contributed by atoms with van der Waals surface area (Å²) in [5.74, 6) is 2.73. The lowest BCUT2D eigenvalue weighted by molar-refractivity contribution is -0.0603. The second kappa shape index (κ2) is 7.53. The zero-order chi connectivity index (χ0) is 20.1. The molecule has 1 N–H and O–H groups in total. The van der Waals surface area contributed by atoms with E-state index >= 15 is 0 Å². The normalized spacial score (nSPS) is 34.9. The van der Waals surface area contributed by atoms with Gasteiger partial charge in [-0.15, -0.1) is 0 Å². The van der Waals surface area contributed by atoms with Crippen LogP contribution in [0.2, 0.25) is 5.02 Å². The maximum atomic E-state index is 11.4. The minimum absolute atomic E-state index is 0.00175. The summed E-state index contributed by atoms with van der Waals surface area (Å²) in [4.78, 5) is 0.710. The first-order valence-corrected chi connectivity index (χ1v) is 12.0. The molecule has 7 heteroatoms. The van der Waals surface area contributed by atoms with Crippen LogP contribution in [0.3, 0.4) is 0 Å². The van der Waals surface area contributed by atoms with Crippen LogP contribution in [0.25, 0.3) is 0 Å². The smallest absolute Gasteiger partial charge is 0.153 e. The predicted octanol–water partition coefficient (Wildman–Crippen LogP) is 4.49. The topological polar surface area (TPSA) is 61.4 Å². The minimum atomic E-state index is -1.96. The highest BCUT2D eigenvalue weighted by Crippen LogP contribution is 2.60. The van der Waals surface area contributed by atoms with Crippen LogP contribution in [0, 0.1) is 23.2 Å². The number of nitrogens with one attached hydrogen (secondary N) is 1. The van der Waals surface area contributed by atoms with E-state index in [1.54, 1.807) is 12.1 Å². The Morgan fingerprint density at radius 1 is 1.29 bits per heavy atom. The van der Waals surface area contributed by atoms with E-state index in [0.717, 1.165) is 25.0 Å². The highest BCUT2D eigenvalue weighted by Gasteiger charge is 2.55. The fourth-order valence-electron chi connectivity index (χ4n) is 6.02. The molecule has 0 spiro atoms. The molecule has 4 nitrogen and oxygen atoms in total. The lowest BCUT2D eigenvalue weighted by atomic mass is 9.48. The molecule has 3 atom stereocenters. The Hall–Kier alpha value is -0.690. The molecule has 0 heterocycles. The van der Waals surface area contributed by atoms with Gasteiger partial charge in [-0.05, 0) is 93.4 Å². The molecular weight excluding hydrogens is 414 g/mol. The highest BCUT2D eigenvalue weighted by molar-refractivity contribution is 7.80. The van der Waals surface area contributed by atoms with Crippen LogP contribution in [0.4, 0.5) is 0 Å². The Morgan fingerprint density at radius 3 is 2.46 bits per heavy atom. The van der Waals surface area contributed by atoms with Gasteiger partial charge in [-0.1, -0.05) is 34.9 Å². The molecule has 154 valence electrons. The number of halogens is 1. The molecule has 4 aliphatic rings. The molecule has 0 amide bonds. The van der Waals surface area contributed by atoms with E-state index in [1.807, 2.05) is 26.0 Å². The van der Waals surface area contributed by atoms with Crippen LogP contribution in [0.5, 0.6) is 5.75 Å². The number of benzene rings is 1. The predicted molar refractivity (Wildman–Crippen MR) is 115 cm³/mol. The molecule has 4 fully saturated rings. The Bertz CT molecular complexity index is 766. The van der Waals surface area contributed by atoms with Crippen molar-refractivity contribution in [1.29, 1.82) is 0 Å². The third-order valence-corrected chi connectivity index (χ3v) is 8.56. The van der Waals surface area contributed by atoms with Gasteiger partial charge in [-0.3, -0.25) is 4.21 Å². The van der Waals surface area contributed by atoms with Crippen molar-refractivity contribution in [3.63, 3.8) is 0 Å². The number of ether oxygens (including phenoxy) is 1. The number of thiocarbonyl (C=S) groups is 1. The molecule has 4 aliphatic carbocycles. The number of hydrogen-bond donors (Lipinski definition) is 1. The summed E-state index contributed by atoms with van der Waals surface area (Å²) in [6, 6.07) is 7.64. The van der Waals surface area contributed by atoms with E-state index in [1.165, 1.54) is 12.8 Å². The monoisotopic (exact) mass is 440 g/mol. The van der Waals surface area contributed by atoms with E-state index < -0.39 is 16.7 Å². The summed E-state index contributed by atoms with van der Waals surface area (Å²) in [7, 11) is 0. The molecule has 4 saturated carbocycles. The summed E-state index contributed by atoms with van der Waals surface area (Å²) in [6.45, 7) is 3.96. The van der Waals surface area contributed by atoms with Crippen molar-refractivity contribution in [1.82, 2.24) is 5.32 Å². The molecule has 0 saturated heterocycles. The first-order chi connectivity index (χ1) is 13.2. The second-order valence-corrected chi connectivity index (χ2v) is 11.2. The van der Waals surface area contributed by atoms with Crippen LogP contribution in [-0.2, 0) is 11.1 Å². The third kappa shape index (κ3) is 4.11. The van der Waals surface area contributed by atoms with Crippen LogP contribution in [0.1, 0.15) is 46.0 Å². The molecule has 5 rings (SSSR count). The van der Waals surface area contributed by atoms with Gasteiger partial charge in [0.15, 0.2) is 5.60 Å². The Labute approximate surface area is 180 Å². The molecule has 1 aromatic carbocycles. The summed E-state index contributed by atoms with van der Waals surface area (Å²) >= 11 is 9.74. The summed E-state index contributed by atoms with van der Waals surface area (Å²) in [5.41, 5.74) is -0.635. The zero-order valence-electron chi connectivity index (χ0n) is 16.3. The molecule has 0 radical (unpaired) electrons. The minimum Gasteiger partial charge on any atom is -0.772 e. The van der Waals surface area contributed by atoms with Crippen molar-refractivity contribution in [2.75, 3.05) is 5.75 Å². The van der Waals surface area contributed by atoms with Crippen LogP contribution >= 0.6 is 23.8 Å². The second-order valence-electron chi connectivity index (χ2n) is 9.48. The Morgan fingerprint density at radius 2 is 1.89 bits per heavy atom. The summed E-state index contributed by atoms with van der Waals surface area (Å²) < 4.78 is 29.0. The molecule has 0 aromatic heterocycles. The standard InChI is InChI=1S/C21H28ClNO3S2/c1-20(2,26-17-5-3-16(22)4-6-17)19(27)23-18-14-7-13-8-15(18)11-21(9-13,10-14)12-28(24)25/h3-6,13-15,18H,7-12H2,1-2H3,(H,23,27)(H,24,25)/p-1. The van der Waals surface area contributed by atoms with Crippen LogP contribution < -0.4 is 10.1 Å². The lowest BCUT2D eigenvalue weighted by Gasteiger charge is -2.60. The molecule has 28 heavy (non-hydrogen) atoms. The van der Waals surface area contributed by atoms with Crippen molar-refractivity contribution in [2.45, 2.75) is 57.6 Å². The number of rotatable bonds is 6. The van der Waals surface area contributed by atoms with Crippen molar-refractivity contribution in [3.05, 3.63) is 29.3 Å². The average Bonchev–Trinajstić information content (AvgIpc) is 2.58. The average molecular weight is 441 g/mol. The summed E-state index contributed by atoms with van der Waals surface area (Å²) in [6.07, 6.45) is 5.43. The fraction of sp³-hybridized carbons (Fsp3) is 0.667. The van der Waals surface area contributed by atoms with Crippen molar-refractivity contribution < 1.29 is 13.5 Å². The van der Waals surface area contributed by atoms with Crippen LogP contribution in [0.15, 0.2) is 24.3 Å². The first kappa shape index (κ1) is 20.6. The van der Waals surface area contributed by atoms with Crippen LogP contribution in [-0.4, -0.2) is 31.1 Å². The largest absolute Gasteiger partial charge is 0.772 e. The Kier molecular flexibility index (Phi) is 5.53. The maximum absolute atomic E-state index is 11.4. The van der Waals surface area contributed by atoms with Gasteiger partial charge in [0, 0.05) is 16.8 Å². The van der Waals surface area contributed by atoms with E-state index in [2.05, 4.69) is 5.32 Å². The SMILES string of the molecule is CC(C)(Oc1ccc(Cl)cc1)C(=S)NC1C2CC3CC1CC(CS(=O)[O-])(C3)C2. The molecular formula is C21H27ClNO3S2-. The maximum Gasteiger partial charge on any atom is 0.153 e. The van der Waals surface area contributed by atoms with Crippen molar-refractivity contribution in [3.8, 4) is 5.75 Å². The van der Waals surface area contributed by atoms with E-state index in [0.29, 0.717) is 39.6 Å². The van der Waals surface area contributed by atoms with Gasteiger partial charge >= 0.3 is 0 Å². The van der Waals surface area contributed by atoms with Gasteiger partial charge in [-0.2, -0.15) is 0 Å². The lowest BCUT2D eigenvalue weighted by Crippen LogP contribution is -2.62. The van der Waals surface area contributed by atoms with Gasteiger partial charge in [0.05, 0.1) is 0 Å². The van der Waals surface area contributed by atoms with Gasteiger partial charge in [-0.25, -0.2) is 0 Å². The van der Waals surface area contributed by atoms with Crippen molar-refractivity contribution >= 4 is 39.9 Å². The Balaban J connectivity index is 1.43. The van der Waals surface area contributed by atoms with Gasteiger partial charge < -0.3 is 14.6 Å². The molecule has 4 bridgehead atoms. The highest BCUT2D eigenvalue weighted by atomic mass is 35.5. The quantitative estimate of drug-likeness (QED) is 0.521. The third-order valence-electron chi connectivity index (χ3n) is 6.86. The molecule has 1 aromatic rings. The first-order valence-electron chi connectivity index (χ1n) is 9.97. The number of hydrogen-bond acceptors (Lipinski definition) is 4. The van der Waals surface area contributed by atoms with Gasteiger partial charge in [0.1, 0.15) is 10.7 Å². The summed E-state index contributed by atoms with van der Waals surface area (Å²) in [5, 5.41) is 4.30. The van der Waals surface area contributed by atoms with Crippen molar-refractivity contribution in [2.24, 2.45) is 23.2 Å². The van der Waals surface area contributed by atoms with E-state index in [-0.39, 0.29) is 5.41 Å². The van der Waals surface area contributed by atoms with E-state index in [4.69, 9.17) is 28.6 Å². The van der Waals surface area contributed by atoms with Gasteiger partial charge in [0.2, 0.25) is 0 Å². The fourth-order valence-corrected chi connectivity index (χ4v) is 7.18. The molecule has 3 unspecified atom stereocenters. The van der Waals surface area contributed by atoms with E-state index in [9.17, 15) is 8.76 Å². The zero-order valence-corrected chi connectivity index (χ0v) is 18.7.